The molecule has 0 bridgehead atoms. The highest BCUT2D eigenvalue weighted by Crippen LogP contribution is 2.60. The van der Waals surface area contributed by atoms with Gasteiger partial charge < -0.3 is 20.1 Å². The average Bonchev–Trinajstić information content (AvgIpc) is 3.17. The fourth-order valence-electron chi connectivity index (χ4n) is 7.27. The van der Waals surface area contributed by atoms with Gasteiger partial charge in [0.05, 0.1) is 12.2 Å². The van der Waals surface area contributed by atoms with Gasteiger partial charge >= 0.3 is 0 Å². The molecule has 4 aliphatic rings. The molecule has 1 aliphatic heterocycles. The van der Waals surface area contributed by atoms with Crippen LogP contribution in [0, 0.1) is 23.2 Å². The molecule has 3 aliphatic carbocycles. The lowest BCUT2D eigenvalue weighted by molar-refractivity contribution is -0.163. The molecule has 0 amide bonds. The Hall–Kier alpha value is -0.940. The van der Waals surface area contributed by atoms with E-state index in [9.17, 15) is 15.3 Å². The zero-order chi connectivity index (χ0) is 22.4. The fourth-order valence-corrected chi connectivity index (χ4v) is 7.27. The SMILES string of the molecule is C=C1CC[C@H](O)C/C1=C/C=C1\CCC[C@]2(C)[C@@H]([C@H](C)C[C@H]3C[C@@](C)(O)C(O)O3)CC[C@@H]12. The van der Waals surface area contributed by atoms with Crippen LogP contribution in [0.1, 0.15) is 85.0 Å². The summed E-state index contributed by atoms with van der Waals surface area (Å²) in [5.41, 5.74) is 3.18. The molecule has 4 rings (SSSR count). The van der Waals surface area contributed by atoms with Gasteiger partial charge in [-0.2, -0.15) is 0 Å². The number of hydrogen-bond acceptors (Lipinski definition) is 4. The Kier molecular flexibility index (Phi) is 6.58. The van der Waals surface area contributed by atoms with Crippen LogP contribution in [-0.2, 0) is 4.74 Å². The van der Waals surface area contributed by atoms with Gasteiger partial charge in [-0.1, -0.05) is 43.7 Å². The van der Waals surface area contributed by atoms with Crippen LogP contribution < -0.4 is 0 Å². The summed E-state index contributed by atoms with van der Waals surface area (Å²) < 4.78 is 5.68. The molecular formula is C27H42O4. The van der Waals surface area contributed by atoms with Gasteiger partial charge in [-0.15, -0.1) is 0 Å². The van der Waals surface area contributed by atoms with E-state index in [0.29, 0.717) is 29.6 Å². The maximum atomic E-state index is 10.3. The summed E-state index contributed by atoms with van der Waals surface area (Å²) in [6, 6.07) is 0. The van der Waals surface area contributed by atoms with Crippen molar-refractivity contribution in [2.75, 3.05) is 0 Å². The highest BCUT2D eigenvalue weighted by molar-refractivity contribution is 5.36. The topological polar surface area (TPSA) is 69.9 Å². The first-order valence-electron chi connectivity index (χ1n) is 12.4. The quantitative estimate of drug-likeness (QED) is 0.584. The van der Waals surface area contributed by atoms with Gasteiger partial charge in [-0.25, -0.2) is 0 Å². The molecule has 1 unspecified atom stereocenters. The van der Waals surface area contributed by atoms with E-state index < -0.39 is 11.9 Å². The van der Waals surface area contributed by atoms with Crippen LogP contribution in [0.4, 0.5) is 0 Å². The smallest absolute Gasteiger partial charge is 0.183 e. The van der Waals surface area contributed by atoms with Crippen molar-refractivity contribution in [2.45, 2.75) is 109 Å². The molecule has 0 aromatic rings. The van der Waals surface area contributed by atoms with Crippen LogP contribution in [0.2, 0.25) is 0 Å². The lowest BCUT2D eigenvalue weighted by atomic mass is 9.60. The molecule has 1 heterocycles. The van der Waals surface area contributed by atoms with Crippen molar-refractivity contribution < 1.29 is 20.1 Å². The van der Waals surface area contributed by atoms with Gasteiger partial charge in [0, 0.05) is 6.42 Å². The molecule has 1 saturated heterocycles. The van der Waals surface area contributed by atoms with Crippen LogP contribution in [0.3, 0.4) is 0 Å². The number of fused-ring (bicyclic) bond motifs is 1. The number of aliphatic hydroxyl groups excluding tert-OH is 2. The molecule has 0 aromatic heterocycles. The lowest BCUT2D eigenvalue weighted by Gasteiger charge is -2.44. The third-order valence-corrected chi connectivity index (χ3v) is 9.04. The molecule has 174 valence electrons. The van der Waals surface area contributed by atoms with Crippen molar-refractivity contribution in [3.05, 3.63) is 35.5 Å². The Bertz CT molecular complexity index is 750. The predicted octanol–water partition coefficient (Wildman–Crippen LogP) is 5.04. The average molecular weight is 431 g/mol. The molecule has 3 N–H and O–H groups in total. The van der Waals surface area contributed by atoms with Crippen LogP contribution in [0.15, 0.2) is 35.5 Å². The van der Waals surface area contributed by atoms with E-state index in [1.807, 2.05) is 0 Å². The minimum Gasteiger partial charge on any atom is -0.393 e. The lowest BCUT2D eigenvalue weighted by Crippen LogP contribution is -2.36. The molecule has 0 spiro atoms. The maximum absolute atomic E-state index is 10.3. The molecule has 4 heteroatoms. The summed E-state index contributed by atoms with van der Waals surface area (Å²) in [4.78, 5) is 0. The second-order valence-corrected chi connectivity index (χ2v) is 11.4. The van der Waals surface area contributed by atoms with Crippen molar-refractivity contribution in [1.82, 2.24) is 0 Å². The minimum atomic E-state index is -1.13. The minimum absolute atomic E-state index is 0.0604. The molecule has 31 heavy (non-hydrogen) atoms. The van der Waals surface area contributed by atoms with Crippen LogP contribution in [0.5, 0.6) is 0 Å². The van der Waals surface area contributed by atoms with Gasteiger partial charge in [0.15, 0.2) is 6.29 Å². The largest absolute Gasteiger partial charge is 0.393 e. The van der Waals surface area contributed by atoms with Gasteiger partial charge in [0.2, 0.25) is 0 Å². The summed E-state index contributed by atoms with van der Waals surface area (Å²) in [6.45, 7) is 10.7. The van der Waals surface area contributed by atoms with Gasteiger partial charge in [0.25, 0.3) is 0 Å². The number of allylic oxidation sites excluding steroid dienone is 4. The maximum Gasteiger partial charge on any atom is 0.183 e. The Morgan fingerprint density at radius 1 is 1.16 bits per heavy atom. The summed E-state index contributed by atoms with van der Waals surface area (Å²) in [5.74, 6) is 1.78. The van der Waals surface area contributed by atoms with Crippen molar-refractivity contribution in [3.8, 4) is 0 Å². The fraction of sp³-hybridized carbons (Fsp3) is 0.778. The highest BCUT2D eigenvalue weighted by Gasteiger charge is 2.52. The monoisotopic (exact) mass is 430 g/mol. The third kappa shape index (κ3) is 4.59. The van der Waals surface area contributed by atoms with E-state index in [2.05, 4.69) is 32.6 Å². The van der Waals surface area contributed by atoms with E-state index >= 15 is 0 Å². The van der Waals surface area contributed by atoms with Crippen LogP contribution >= 0.6 is 0 Å². The van der Waals surface area contributed by atoms with E-state index in [-0.39, 0.29) is 12.2 Å². The van der Waals surface area contributed by atoms with E-state index in [1.54, 1.807) is 12.5 Å². The standard InChI is InChI=1S/C27H42O4/c1-17-7-10-21(28)15-20(17)9-8-19-6-5-13-26(3)23(11-12-24(19)26)18(2)14-22-16-27(4,30)25(29)31-22/h8-9,18,21-25,28-30H,1,5-7,10-16H2,2-4H3/b19-8+,20-9-/t18-,21+,22+,23-,24+,25?,26-,27-/m1/s1. The Morgan fingerprint density at radius 2 is 1.94 bits per heavy atom. The summed E-state index contributed by atoms with van der Waals surface area (Å²) in [7, 11) is 0. The second-order valence-electron chi connectivity index (χ2n) is 11.4. The number of ether oxygens (including phenoxy) is 1. The molecule has 8 atom stereocenters. The molecule has 0 radical (unpaired) electrons. The Balaban J connectivity index is 1.46. The van der Waals surface area contributed by atoms with Crippen LogP contribution in [0.25, 0.3) is 0 Å². The molecule has 4 fully saturated rings. The number of hydrogen-bond donors (Lipinski definition) is 3. The summed E-state index contributed by atoms with van der Waals surface area (Å²) in [6.07, 6.45) is 13.3. The first-order chi connectivity index (χ1) is 14.6. The zero-order valence-corrected chi connectivity index (χ0v) is 19.6. The molecule has 4 nitrogen and oxygen atoms in total. The van der Waals surface area contributed by atoms with E-state index in [4.69, 9.17) is 4.74 Å². The first kappa shape index (κ1) is 23.2. The van der Waals surface area contributed by atoms with Crippen molar-refractivity contribution >= 4 is 0 Å². The summed E-state index contributed by atoms with van der Waals surface area (Å²) in [5, 5.41) is 30.3. The number of aliphatic hydroxyl groups is 3. The van der Waals surface area contributed by atoms with Gasteiger partial charge in [0.1, 0.15) is 5.60 Å². The third-order valence-electron chi connectivity index (χ3n) is 9.04. The Labute approximate surface area is 188 Å². The first-order valence-corrected chi connectivity index (χ1v) is 12.4. The van der Waals surface area contributed by atoms with E-state index in [1.165, 1.54) is 43.3 Å². The van der Waals surface area contributed by atoms with Crippen molar-refractivity contribution in [1.29, 1.82) is 0 Å². The normalized spacial score (nSPS) is 47.2. The second kappa shape index (κ2) is 8.78. The van der Waals surface area contributed by atoms with Crippen LogP contribution in [-0.4, -0.2) is 39.4 Å². The highest BCUT2D eigenvalue weighted by atomic mass is 16.6. The zero-order valence-electron chi connectivity index (χ0n) is 19.6. The predicted molar refractivity (Wildman–Crippen MR) is 123 cm³/mol. The molecule has 0 aromatic carbocycles. The van der Waals surface area contributed by atoms with Gasteiger partial charge in [-0.05, 0) is 93.5 Å². The molecule has 3 saturated carbocycles. The number of rotatable bonds is 4. The van der Waals surface area contributed by atoms with Crippen molar-refractivity contribution in [2.24, 2.45) is 23.2 Å². The summed E-state index contributed by atoms with van der Waals surface area (Å²) >= 11 is 0. The van der Waals surface area contributed by atoms with Gasteiger partial charge in [-0.3, -0.25) is 0 Å². The Morgan fingerprint density at radius 3 is 2.65 bits per heavy atom. The van der Waals surface area contributed by atoms with E-state index in [0.717, 1.165) is 25.7 Å². The molecular weight excluding hydrogens is 388 g/mol. The van der Waals surface area contributed by atoms with Crippen molar-refractivity contribution in [3.63, 3.8) is 0 Å².